The standard InChI is InChI=1S/C29H35N5O3/c1-19-27-24-11-6-21(20-12-15-33(16-13-20)28(35)37-29(2,3)4)18-25(24)26(14-17-34(27)32-31-19)30-22-7-9-23(36-5)10-8-22/h6-12,18,26,30H,13-17H2,1-5H3. The number of rotatable bonds is 4. The number of benzene rings is 2. The van der Waals surface area contributed by atoms with Crippen LogP contribution in [0, 0.1) is 6.92 Å². The molecule has 2 aromatic carbocycles. The third-order valence-corrected chi connectivity index (χ3v) is 6.88. The number of hydrogen-bond acceptors (Lipinski definition) is 6. The number of methoxy groups -OCH3 is 1. The lowest BCUT2D eigenvalue weighted by Gasteiger charge is -2.30. The lowest BCUT2D eigenvalue weighted by atomic mass is 9.90. The molecule has 8 nitrogen and oxygen atoms in total. The Labute approximate surface area is 218 Å². The van der Waals surface area contributed by atoms with E-state index < -0.39 is 5.60 Å². The summed E-state index contributed by atoms with van der Waals surface area (Å²) in [7, 11) is 1.68. The van der Waals surface area contributed by atoms with Crippen molar-refractivity contribution >= 4 is 17.4 Å². The summed E-state index contributed by atoms with van der Waals surface area (Å²) in [6.07, 6.45) is 3.55. The highest BCUT2D eigenvalue weighted by Crippen LogP contribution is 2.39. The molecule has 0 bridgehead atoms. The summed E-state index contributed by atoms with van der Waals surface area (Å²) < 4.78 is 12.9. The fourth-order valence-electron chi connectivity index (χ4n) is 5.03. The molecule has 2 aliphatic rings. The number of nitrogens with zero attached hydrogens (tertiary/aromatic N) is 4. The molecule has 0 aliphatic carbocycles. The Morgan fingerprint density at radius 1 is 1.11 bits per heavy atom. The highest BCUT2D eigenvalue weighted by molar-refractivity contribution is 5.76. The van der Waals surface area contributed by atoms with Crippen molar-refractivity contribution in [2.24, 2.45) is 0 Å². The quantitative estimate of drug-likeness (QED) is 0.483. The van der Waals surface area contributed by atoms with Gasteiger partial charge < -0.3 is 19.7 Å². The van der Waals surface area contributed by atoms with Gasteiger partial charge in [-0.2, -0.15) is 0 Å². The summed E-state index contributed by atoms with van der Waals surface area (Å²) in [6, 6.07) is 14.8. The average Bonchev–Trinajstić information content (AvgIpc) is 3.17. The number of nitrogens with one attached hydrogen (secondary N) is 1. The van der Waals surface area contributed by atoms with Gasteiger partial charge in [-0.25, -0.2) is 9.48 Å². The molecule has 3 heterocycles. The van der Waals surface area contributed by atoms with Gasteiger partial charge in [-0.3, -0.25) is 0 Å². The molecule has 3 aromatic rings. The van der Waals surface area contributed by atoms with Crippen LogP contribution in [0.4, 0.5) is 10.5 Å². The molecule has 0 saturated heterocycles. The molecule has 194 valence electrons. The van der Waals surface area contributed by atoms with Crippen LogP contribution >= 0.6 is 0 Å². The van der Waals surface area contributed by atoms with Crippen LogP contribution in [0.3, 0.4) is 0 Å². The van der Waals surface area contributed by atoms with Gasteiger partial charge in [0.2, 0.25) is 0 Å². The summed E-state index contributed by atoms with van der Waals surface area (Å²) in [5.74, 6) is 0.834. The number of hydrogen-bond donors (Lipinski definition) is 1. The number of aryl methyl sites for hydroxylation is 2. The van der Waals surface area contributed by atoms with Crippen LogP contribution in [0.1, 0.15) is 56.5 Å². The minimum atomic E-state index is -0.497. The summed E-state index contributed by atoms with van der Waals surface area (Å²) in [5.41, 5.74) is 7.37. The van der Waals surface area contributed by atoms with Crippen molar-refractivity contribution < 1.29 is 14.3 Å². The van der Waals surface area contributed by atoms with Gasteiger partial charge in [0.05, 0.1) is 24.5 Å². The van der Waals surface area contributed by atoms with Gasteiger partial charge in [0.1, 0.15) is 11.4 Å². The number of anilines is 1. The van der Waals surface area contributed by atoms with Crippen molar-refractivity contribution in [2.75, 3.05) is 25.5 Å². The zero-order valence-electron chi connectivity index (χ0n) is 22.2. The van der Waals surface area contributed by atoms with Gasteiger partial charge in [0.25, 0.3) is 0 Å². The molecule has 1 amide bonds. The van der Waals surface area contributed by atoms with E-state index in [0.29, 0.717) is 13.1 Å². The second-order valence-electron chi connectivity index (χ2n) is 10.7. The molecular formula is C29H35N5O3. The molecule has 1 aromatic heterocycles. The van der Waals surface area contributed by atoms with Crippen LogP contribution in [0.2, 0.25) is 0 Å². The SMILES string of the molecule is COc1ccc(NC2CCn3nnc(C)c3-c3ccc(C4=CCN(C(=O)OC(C)(C)C)CC4)cc32)cc1. The van der Waals surface area contributed by atoms with Crippen molar-refractivity contribution in [1.29, 1.82) is 0 Å². The molecule has 1 atom stereocenters. The maximum Gasteiger partial charge on any atom is 0.410 e. The van der Waals surface area contributed by atoms with Gasteiger partial charge in [-0.05, 0) is 87.6 Å². The van der Waals surface area contributed by atoms with E-state index in [1.807, 2.05) is 56.6 Å². The van der Waals surface area contributed by atoms with Gasteiger partial charge in [0.15, 0.2) is 0 Å². The number of aromatic nitrogens is 3. The van der Waals surface area contributed by atoms with Crippen molar-refractivity contribution in [1.82, 2.24) is 19.9 Å². The second-order valence-corrected chi connectivity index (χ2v) is 10.7. The van der Waals surface area contributed by atoms with E-state index in [-0.39, 0.29) is 12.1 Å². The molecule has 1 unspecified atom stereocenters. The largest absolute Gasteiger partial charge is 0.497 e. The Morgan fingerprint density at radius 2 is 1.89 bits per heavy atom. The Hall–Kier alpha value is -3.81. The predicted molar refractivity (Wildman–Crippen MR) is 145 cm³/mol. The first-order chi connectivity index (χ1) is 17.7. The Balaban J connectivity index is 1.45. The topological polar surface area (TPSA) is 81.5 Å². The lowest BCUT2D eigenvalue weighted by molar-refractivity contribution is 0.0270. The first kappa shape index (κ1) is 24.9. The van der Waals surface area contributed by atoms with E-state index in [4.69, 9.17) is 9.47 Å². The number of amides is 1. The van der Waals surface area contributed by atoms with Crippen molar-refractivity contribution in [2.45, 2.75) is 58.7 Å². The minimum absolute atomic E-state index is 0.104. The van der Waals surface area contributed by atoms with Crippen LogP contribution in [0.15, 0.2) is 48.5 Å². The van der Waals surface area contributed by atoms with E-state index >= 15 is 0 Å². The first-order valence-electron chi connectivity index (χ1n) is 12.8. The monoisotopic (exact) mass is 501 g/mol. The Morgan fingerprint density at radius 3 is 2.57 bits per heavy atom. The zero-order valence-corrected chi connectivity index (χ0v) is 22.2. The molecule has 0 radical (unpaired) electrons. The normalized spacial score (nSPS) is 17.3. The van der Waals surface area contributed by atoms with E-state index in [0.717, 1.165) is 47.8 Å². The van der Waals surface area contributed by atoms with Crippen LogP contribution in [0.5, 0.6) is 5.75 Å². The molecule has 0 spiro atoms. The number of fused-ring (bicyclic) bond motifs is 3. The fraction of sp³-hybridized carbons (Fsp3) is 0.414. The molecular weight excluding hydrogens is 466 g/mol. The van der Waals surface area contributed by atoms with E-state index in [1.54, 1.807) is 12.0 Å². The fourth-order valence-corrected chi connectivity index (χ4v) is 5.03. The average molecular weight is 502 g/mol. The molecule has 5 rings (SSSR count). The molecule has 37 heavy (non-hydrogen) atoms. The smallest absolute Gasteiger partial charge is 0.410 e. The molecule has 0 saturated carbocycles. The molecule has 2 aliphatic heterocycles. The van der Waals surface area contributed by atoms with Crippen LogP contribution in [-0.4, -0.2) is 51.8 Å². The third-order valence-electron chi connectivity index (χ3n) is 6.88. The van der Waals surface area contributed by atoms with E-state index in [9.17, 15) is 4.79 Å². The third kappa shape index (κ3) is 5.33. The zero-order chi connectivity index (χ0) is 26.2. The van der Waals surface area contributed by atoms with Gasteiger partial charge in [-0.15, -0.1) is 5.10 Å². The number of ether oxygens (including phenoxy) is 2. The second kappa shape index (κ2) is 9.92. The van der Waals surface area contributed by atoms with Crippen molar-refractivity contribution in [3.63, 3.8) is 0 Å². The maximum absolute atomic E-state index is 12.5. The maximum atomic E-state index is 12.5. The summed E-state index contributed by atoms with van der Waals surface area (Å²) in [4.78, 5) is 14.3. The van der Waals surface area contributed by atoms with E-state index in [1.165, 1.54) is 16.7 Å². The van der Waals surface area contributed by atoms with Gasteiger partial charge >= 0.3 is 6.09 Å². The predicted octanol–water partition coefficient (Wildman–Crippen LogP) is 5.84. The minimum Gasteiger partial charge on any atom is -0.497 e. The highest BCUT2D eigenvalue weighted by atomic mass is 16.6. The Kier molecular flexibility index (Phi) is 6.67. The van der Waals surface area contributed by atoms with Gasteiger partial charge in [0, 0.05) is 30.9 Å². The highest BCUT2D eigenvalue weighted by Gasteiger charge is 2.27. The van der Waals surface area contributed by atoms with Crippen molar-refractivity contribution in [3.05, 3.63) is 65.4 Å². The number of carbonyl (C=O) groups excluding carboxylic acids is 1. The number of carbonyl (C=O) groups is 1. The summed E-state index contributed by atoms with van der Waals surface area (Å²) in [6.45, 7) is 9.66. The van der Waals surface area contributed by atoms with Crippen molar-refractivity contribution in [3.8, 4) is 17.0 Å². The lowest BCUT2D eigenvalue weighted by Crippen LogP contribution is -2.39. The summed E-state index contributed by atoms with van der Waals surface area (Å²) in [5, 5.41) is 12.5. The van der Waals surface area contributed by atoms with Crippen LogP contribution < -0.4 is 10.1 Å². The molecule has 8 heteroatoms. The van der Waals surface area contributed by atoms with Crippen LogP contribution in [0.25, 0.3) is 16.8 Å². The van der Waals surface area contributed by atoms with E-state index in [2.05, 4.69) is 39.9 Å². The Bertz CT molecular complexity index is 1320. The molecule has 1 N–H and O–H groups in total. The first-order valence-corrected chi connectivity index (χ1v) is 12.8. The summed E-state index contributed by atoms with van der Waals surface area (Å²) >= 11 is 0. The van der Waals surface area contributed by atoms with Gasteiger partial charge in [-0.1, -0.05) is 23.4 Å². The molecule has 0 fully saturated rings. The van der Waals surface area contributed by atoms with Crippen LogP contribution in [-0.2, 0) is 11.3 Å².